The fraction of sp³-hybridized carbons (Fsp3) is 0.125. The molecule has 7 heteroatoms. The van der Waals surface area contributed by atoms with Crippen LogP contribution in [0.15, 0.2) is 30.7 Å². The highest BCUT2D eigenvalue weighted by atomic mass is 35.5. The van der Waals surface area contributed by atoms with Crippen molar-refractivity contribution in [3.8, 4) is 16.5 Å². The Morgan fingerprint density at radius 3 is 2.74 bits per heavy atom. The second-order valence-electron chi connectivity index (χ2n) is 5.08. The van der Waals surface area contributed by atoms with E-state index in [2.05, 4.69) is 26.0 Å². The Morgan fingerprint density at radius 2 is 1.96 bits per heavy atom. The first-order valence-corrected chi connectivity index (χ1v) is 8.07. The Bertz CT molecular complexity index is 1050. The third kappa shape index (κ3) is 2.40. The molecule has 0 saturated carbocycles. The van der Waals surface area contributed by atoms with Gasteiger partial charge >= 0.3 is 0 Å². The molecule has 0 bridgehead atoms. The topological polar surface area (TPSA) is 60.8 Å². The molecule has 0 aliphatic carbocycles. The molecule has 5 nitrogen and oxygen atoms in total. The molecule has 0 N–H and O–H groups in total. The first-order valence-electron chi connectivity index (χ1n) is 6.87. The number of aromatic nitrogens is 4. The van der Waals surface area contributed by atoms with Crippen LogP contribution < -0.4 is 4.74 Å². The van der Waals surface area contributed by atoms with Crippen LogP contribution in [0.1, 0.15) is 5.56 Å². The number of aryl methyl sites for hydroxylation is 1. The van der Waals surface area contributed by atoms with Crippen molar-refractivity contribution in [2.75, 3.05) is 7.11 Å². The average molecular weight is 343 g/mol. The minimum absolute atomic E-state index is 0.491. The van der Waals surface area contributed by atoms with Crippen LogP contribution in [-0.2, 0) is 0 Å². The van der Waals surface area contributed by atoms with Gasteiger partial charge < -0.3 is 4.74 Å². The zero-order chi connectivity index (χ0) is 16.0. The molecule has 4 rings (SSSR count). The summed E-state index contributed by atoms with van der Waals surface area (Å²) in [5, 5.41) is 1.40. The molecule has 0 aliphatic heterocycles. The molecule has 23 heavy (non-hydrogen) atoms. The van der Waals surface area contributed by atoms with Crippen LogP contribution in [0.25, 0.3) is 31.8 Å². The summed E-state index contributed by atoms with van der Waals surface area (Å²) in [6.07, 6.45) is 4.99. The van der Waals surface area contributed by atoms with Crippen LogP contribution in [0.4, 0.5) is 0 Å². The van der Waals surface area contributed by atoms with Crippen molar-refractivity contribution in [3.05, 3.63) is 41.3 Å². The monoisotopic (exact) mass is 342 g/mol. The van der Waals surface area contributed by atoms with E-state index in [4.69, 9.17) is 16.3 Å². The summed E-state index contributed by atoms with van der Waals surface area (Å²) in [5.74, 6) is 0.491. The lowest BCUT2D eigenvalue weighted by Crippen LogP contribution is -1.93. The van der Waals surface area contributed by atoms with Crippen LogP contribution in [0, 0.1) is 6.92 Å². The largest absolute Gasteiger partial charge is 0.480 e. The molecule has 0 aliphatic rings. The second-order valence-corrected chi connectivity index (χ2v) is 6.52. The van der Waals surface area contributed by atoms with Gasteiger partial charge in [0, 0.05) is 18.0 Å². The van der Waals surface area contributed by atoms with Gasteiger partial charge in [-0.2, -0.15) is 0 Å². The fourth-order valence-electron chi connectivity index (χ4n) is 2.45. The van der Waals surface area contributed by atoms with Crippen molar-refractivity contribution in [1.29, 1.82) is 0 Å². The van der Waals surface area contributed by atoms with Gasteiger partial charge in [-0.1, -0.05) is 11.6 Å². The summed E-state index contributed by atoms with van der Waals surface area (Å²) in [4.78, 5) is 17.7. The number of methoxy groups -OCH3 is 1. The predicted molar refractivity (Wildman–Crippen MR) is 92.2 cm³/mol. The molecule has 0 atom stereocenters. The zero-order valence-electron chi connectivity index (χ0n) is 12.4. The number of benzene rings is 1. The van der Waals surface area contributed by atoms with Crippen molar-refractivity contribution in [2.45, 2.75) is 6.92 Å². The molecule has 4 aromatic rings. The zero-order valence-corrected chi connectivity index (χ0v) is 13.9. The highest BCUT2D eigenvalue weighted by Gasteiger charge is 2.14. The molecule has 114 valence electrons. The van der Waals surface area contributed by atoms with E-state index in [-0.39, 0.29) is 0 Å². The molecule has 3 aromatic heterocycles. The number of thiazole rings is 1. The Morgan fingerprint density at radius 1 is 1.09 bits per heavy atom. The Balaban J connectivity index is 2.01. The van der Waals surface area contributed by atoms with E-state index in [1.807, 2.05) is 13.0 Å². The number of fused-ring (bicyclic) bond motifs is 2. The molecule has 0 unspecified atom stereocenters. The number of pyridine rings is 1. The van der Waals surface area contributed by atoms with Crippen molar-refractivity contribution >= 4 is 44.2 Å². The fourth-order valence-corrected chi connectivity index (χ4v) is 3.68. The summed E-state index contributed by atoms with van der Waals surface area (Å²) in [5.41, 5.74) is 4.35. The summed E-state index contributed by atoms with van der Waals surface area (Å²) in [7, 11) is 1.58. The van der Waals surface area contributed by atoms with Crippen LogP contribution in [0.3, 0.4) is 0 Å². The number of ether oxygens (including phenoxy) is 1. The molecular weight excluding hydrogens is 332 g/mol. The van der Waals surface area contributed by atoms with E-state index >= 15 is 0 Å². The number of halogens is 1. The summed E-state index contributed by atoms with van der Waals surface area (Å²) < 4.78 is 6.11. The lowest BCUT2D eigenvalue weighted by Gasteiger charge is -2.06. The molecule has 3 heterocycles. The first kappa shape index (κ1) is 14.3. The Labute approximate surface area is 141 Å². The van der Waals surface area contributed by atoms with Gasteiger partial charge in [0.25, 0.3) is 0 Å². The van der Waals surface area contributed by atoms with Crippen molar-refractivity contribution < 1.29 is 4.74 Å². The van der Waals surface area contributed by atoms with Crippen molar-refractivity contribution in [2.24, 2.45) is 0 Å². The van der Waals surface area contributed by atoms with Gasteiger partial charge in [0.2, 0.25) is 5.88 Å². The van der Waals surface area contributed by atoms with Gasteiger partial charge in [-0.05, 0) is 24.6 Å². The standard InChI is InChI=1S/C16H11ClN4OS/c1-8-3-9(14-11(4-8)20-13(22-2)7-19-14)16-21-15-10(17)5-18-6-12(15)23-16/h3-7H,1-2H3. The van der Waals surface area contributed by atoms with Crippen molar-refractivity contribution in [3.63, 3.8) is 0 Å². The molecule has 1 aromatic carbocycles. The minimum Gasteiger partial charge on any atom is -0.480 e. The maximum atomic E-state index is 6.18. The summed E-state index contributed by atoms with van der Waals surface area (Å²) in [6, 6.07) is 4.04. The van der Waals surface area contributed by atoms with Gasteiger partial charge in [0.1, 0.15) is 10.5 Å². The smallest absolute Gasteiger partial charge is 0.232 e. The van der Waals surface area contributed by atoms with Gasteiger partial charge in [0.15, 0.2) is 0 Å². The van der Waals surface area contributed by atoms with Crippen LogP contribution in [-0.4, -0.2) is 27.0 Å². The van der Waals surface area contributed by atoms with Gasteiger partial charge in [-0.25, -0.2) is 15.0 Å². The van der Waals surface area contributed by atoms with Crippen molar-refractivity contribution in [1.82, 2.24) is 19.9 Å². The van der Waals surface area contributed by atoms with Crippen LogP contribution in [0.2, 0.25) is 5.02 Å². The third-order valence-electron chi connectivity index (χ3n) is 3.47. The van der Waals surface area contributed by atoms with Crippen LogP contribution in [0.5, 0.6) is 5.88 Å². The summed E-state index contributed by atoms with van der Waals surface area (Å²) in [6.45, 7) is 2.02. The summed E-state index contributed by atoms with van der Waals surface area (Å²) >= 11 is 7.73. The molecular formula is C16H11ClN4OS. The number of rotatable bonds is 2. The predicted octanol–water partition coefficient (Wildman–Crippen LogP) is 4.27. The van der Waals surface area contributed by atoms with E-state index in [0.29, 0.717) is 10.9 Å². The van der Waals surface area contributed by atoms with Gasteiger partial charge in [-0.3, -0.25) is 4.98 Å². The number of nitrogens with zero attached hydrogens (tertiary/aromatic N) is 4. The van der Waals surface area contributed by atoms with Gasteiger partial charge in [-0.15, -0.1) is 11.3 Å². The molecule has 0 fully saturated rings. The SMILES string of the molecule is COc1cnc2c(-c3nc4c(Cl)cncc4s3)cc(C)cc2n1. The van der Waals surface area contributed by atoms with Crippen LogP contribution >= 0.6 is 22.9 Å². The van der Waals surface area contributed by atoms with E-state index in [1.165, 1.54) is 0 Å². The van der Waals surface area contributed by atoms with E-state index in [9.17, 15) is 0 Å². The van der Waals surface area contributed by atoms with E-state index in [1.54, 1.807) is 37.0 Å². The van der Waals surface area contributed by atoms with E-state index in [0.717, 1.165) is 37.4 Å². The van der Waals surface area contributed by atoms with Gasteiger partial charge in [0.05, 0.1) is 34.1 Å². The first-order chi connectivity index (χ1) is 11.2. The highest BCUT2D eigenvalue weighted by Crippen LogP contribution is 2.36. The Kier molecular flexibility index (Phi) is 3.36. The average Bonchev–Trinajstić information content (AvgIpc) is 2.99. The number of hydrogen-bond acceptors (Lipinski definition) is 6. The lowest BCUT2D eigenvalue weighted by atomic mass is 10.1. The Hall–Kier alpha value is -2.31. The lowest BCUT2D eigenvalue weighted by molar-refractivity contribution is 0.397. The second kappa shape index (κ2) is 5.40. The highest BCUT2D eigenvalue weighted by molar-refractivity contribution is 7.21. The maximum Gasteiger partial charge on any atom is 0.232 e. The molecule has 0 spiro atoms. The maximum absolute atomic E-state index is 6.18. The molecule has 0 saturated heterocycles. The number of hydrogen-bond donors (Lipinski definition) is 0. The van der Waals surface area contributed by atoms with E-state index < -0.39 is 0 Å². The normalized spacial score (nSPS) is 11.3. The minimum atomic E-state index is 0.491. The quantitative estimate of drug-likeness (QED) is 0.544. The molecule has 0 amide bonds. The third-order valence-corrected chi connectivity index (χ3v) is 4.77. The molecule has 0 radical (unpaired) electrons.